The lowest BCUT2D eigenvalue weighted by Crippen LogP contribution is -2.32. The molecular formula is C15H17FN2O2S. The lowest BCUT2D eigenvalue weighted by Gasteiger charge is -2.14. The van der Waals surface area contributed by atoms with Crippen molar-refractivity contribution in [3.8, 4) is 0 Å². The first-order valence-corrected chi connectivity index (χ1v) is 7.81. The molecule has 0 saturated heterocycles. The van der Waals surface area contributed by atoms with E-state index >= 15 is 0 Å². The number of carbonyl (C=O) groups excluding carboxylic acids is 1. The Kier molecular flexibility index (Phi) is 3.82. The van der Waals surface area contributed by atoms with Crippen LogP contribution < -0.4 is 11.1 Å². The summed E-state index contributed by atoms with van der Waals surface area (Å²) in [6, 6.07) is 4.33. The Hall–Kier alpha value is -1.66. The van der Waals surface area contributed by atoms with Crippen molar-refractivity contribution in [3.05, 3.63) is 28.9 Å². The average Bonchev–Trinajstić information content (AvgIpc) is 3.01. The van der Waals surface area contributed by atoms with E-state index in [1.54, 1.807) is 6.07 Å². The highest BCUT2D eigenvalue weighted by atomic mass is 32.1. The van der Waals surface area contributed by atoms with Crippen LogP contribution in [0.3, 0.4) is 0 Å². The second kappa shape index (κ2) is 5.61. The smallest absolute Gasteiger partial charge is 0.263 e. The standard InChI is InChI=1S/C15H17FN2O2S/c16-9-4-5-12-10(6-9)13(17)14(21-12)15(20)18-7-8-2-1-3-11(8)19/h4-6,8,11,19H,1-3,7,17H2,(H,18,20). The zero-order valence-corrected chi connectivity index (χ0v) is 12.3. The van der Waals surface area contributed by atoms with Crippen LogP contribution in [0.1, 0.15) is 28.9 Å². The number of thiophene rings is 1. The third kappa shape index (κ3) is 2.73. The molecule has 1 saturated carbocycles. The number of hydrogen-bond donors (Lipinski definition) is 3. The minimum atomic E-state index is -0.368. The van der Waals surface area contributed by atoms with Gasteiger partial charge in [-0.05, 0) is 31.0 Å². The summed E-state index contributed by atoms with van der Waals surface area (Å²) in [7, 11) is 0. The van der Waals surface area contributed by atoms with Crippen LogP contribution >= 0.6 is 11.3 Å². The number of aliphatic hydroxyl groups excluding tert-OH is 1. The SMILES string of the molecule is Nc1c(C(=O)NCC2CCCC2O)sc2ccc(F)cc12. The molecule has 4 nitrogen and oxygen atoms in total. The quantitative estimate of drug-likeness (QED) is 0.815. The van der Waals surface area contributed by atoms with Crippen molar-refractivity contribution in [1.82, 2.24) is 5.32 Å². The van der Waals surface area contributed by atoms with Gasteiger partial charge in [-0.1, -0.05) is 6.42 Å². The fraction of sp³-hybridized carbons (Fsp3) is 0.400. The summed E-state index contributed by atoms with van der Waals surface area (Å²) in [5.74, 6) is -0.511. The van der Waals surface area contributed by atoms with Gasteiger partial charge in [-0.15, -0.1) is 11.3 Å². The minimum Gasteiger partial charge on any atom is -0.397 e. The Labute approximate surface area is 125 Å². The van der Waals surface area contributed by atoms with Crippen LogP contribution in [0.2, 0.25) is 0 Å². The van der Waals surface area contributed by atoms with Gasteiger partial charge in [0, 0.05) is 22.5 Å². The van der Waals surface area contributed by atoms with Crippen molar-refractivity contribution in [2.45, 2.75) is 25.4 Å². The molecule has 2 atom stereocenters. The zero-order chi connectivity index (χ0) is 15.0. The van der Waals surface area contributed by atoms with E-state index < -0.39 is 0 Å². The van der Waals surface area contributed by atoms with Crippen molar-refractivity contribution in [2.75, 3.05) is 12.3 Å². The first-order chi connectivity index (χ1) is 10.1. The molecule has 0 spiro atoms. The Morgan fingerprint density at radius 2 is 2.29 bits per heavy atom. The second-order valence-corrected chi connectivity index (χ2v) is 6.51. The number of nitrogen functional groups attached to an aromatic ring is 1. The molecule has 0 aliphatic heterocycles. The molecule has 4 N–H and O–H groups in total. The van der Waals surface area contributed by atoms with E-state index in [2.05, 4.69) is 5.32 Å². The van der Waals surface area contributed by atoms with Crippen molar-refractivity contribution in [1.29, 1.82) is 0 Å². The highest BCUT2D eigenvalue weighted by molar-refractivity contribution is 7.21. The van der Waals surface area contributed by atoms with E-state index in [9.17, 15) is 14.3 Å². The average molecular weight is 308 g/mol. The number of rotatable bonds is 3. The number of amides is 1. The van der Waals surface area contributed by atoms with Gasteiger partial charge in [0.15, 0.2) is 0 Å². The first kappa shape index (κ1) is 14.3. The Morgan fingerprint density at radius 3 is 3.00 bits per heavy atom. The van der Waals surface area contributed by atoms with Crippen LogP contribution in [0.25, 0.3) is 10.1 Å². The van der Waals surface area contributed by atoms with Gasteiger partial charge in [0.2, 0.25) is 0 Å². The summed E-state index contributed by atoms with van der Waals surface area (Å²) in [4.78, 5) is 12.6. The molecule has 0 radical (unpaired) electrons. The largest absolute Gasteiger partial charge is 0.397 e. The predicted octanol–water partition coefficient (Wildman–Crippen LogP) is 2.51. The minimum absolute atomic E-state index is 0.113. The molecule has 1 aromatic carbocycles. The number of hydrogen-bond acceptors (Lipinski definition) is 4. The van der Waals surface area contributed by atoms with Crippen molar-refractivity contribution in [3.63, 3.8) is 0 Å². The van der Waals surface area contributed by atoms with Gasteiger partial charge in [0.1, 0.15) is 10.7 Å². The first-order valence-electron chi connectivity index (χ1n) is 7.00. The predicted molar refractivity (Wildman–Crippen MR) is 81.9 cm³/mol. The molecule has 1 aliphatic carbocycles. The number of fused-ring (bicyclic) bond motifs is 1. The van der Waals surface area contributed by atoms with Crippen molar-refractivity contribution >= 4 is 33.0 Å². The molecule has 1 heterocycles. The molecule has 0 bridgehead atoms. The molecule has 21 heavy (non-hydrogen) atoms. The Morgan fingerprint density at radius 1 is 1.48 bits per heavy atom. The van der Waals surface area contributed by atoms with E-state index in [1.807, 2.05) is 0 Å². The van der Waals surface area contributed by atoms with Gasteiger partial charge in [-0.2, -0.15) is 0 Å². The highest BCUT2D eigenvalue weighted by Crippen LogP contribution is 2.34. The fourth-order valence-corrected chi connectivity index (χ4v) is 3.84. The molecule has 2 aromatic rings. The van der Waals surface area contributed by atoms with Crippen LogP contribution in [0, 0.1) is 11.7 Å². The summed E-state index contributed by atoms with van der Waals surface area (Å²) in [6.07, 6.45) is 2.38. The molecule has 2 unspecified atom stereocenters. The third-order valence-electron chi connectivity index (χ3n) is 4.04. The van der Waals surface area contributed by atoms with Crippen molar-refractivity contribution < 1.29 is 14.3 Å². The molecular weight excluding hydrogens is 291 g/mol. The molecule has 3 rings (SSSR count). The highest BCUT2D eigenvalue weighted by Gasteiger charge is 2.26. The van der Waals surface area contributed by atoms with E-state index in [4.69, 9.17) is 5.73 Å². The lowest BCUT2D eigenvalue weighted by molar-refractivity contribution is 0.0921. The fourth-order valence-electron chi connectivity index (χ4n) is 2.82. The number of benzene rings is 1. The number of nitrogens with two attached hydrogens (primary N) is 1. The molecule has 1 aromatic heterocycles. The summed E-state index contributed by atoms with van der Waals surface area (Å²) in [5, 5.41) is 13.2. The second-order valence-electron chi connectivity index (χ2n) is 5.45. The van der Waals surface area contributed by atoms with Gasteiger partial charge in [-0.25, -0.2) is 4.39 Å². The Bertz CT molecular complexity index is 686. The van der Waals surface area contributed by atoms with Crippen LogP contribution in [-0.4, -0.2) is 23.7 Å². The van der Waals surface area contributed by atoms with Gasteiger partial charge in [-0.3, -0.25) is 4.79 Å². The van der Waals surface area contributed by atoms with Crippen LogP contribution in [0.15, 0.2) is 18.2 Å². The number of aliphatic hydroxyl groups is 1. The van der Waals surface area contributed by atoms with Crippen LogP contribution in [0.4, 0.5) is 10.1 Å². The molecule has 1 fully saturated rings. The van der Waals surface area contributed by atoms with Gasteiger partial charge >= 0.3 is 0 Å². The summed E-state index contributed by atoms with van der Waals surface area (Å²) in [6.45, 7) is 0.446. The normalized spacial score (nSPS) is 21.8. The van der Waals surface area contributed by atoms with E-state index in [-0.39, 0.29) is 23.7 Å². The molecule has 112 valence electrons. The Balaban J connectivity index is 1.76. The summed E-state index contributed by atoms with van der Waals surface area (Å²) in [5.41, 5.74) is 6.27. The lowest BCUT2D eigenvalue weighted by atomic mass is 10.1. The van der Waals surface area contributed by atoms with E-state index in [1.165, 1.54) is 23.5 Å². The monoisotopic (exact) mass is 308 g/mol. The summed E-state index contributed by atoms with van der Waals surface area (Å²) >= 11 is 1.26. The van der Waals surface area contributed by atoms with Gasteiger partial charge in [0.25, 0.3) is 5.91 Å². The zero-order valence-electron chi connectivity index (χ0n) is 11.4. The molecule has 6 heteroatoms. The van der Waals surface area contributed by atoms with Gasteiger partial charge in [0.05, 0.1) is 11.8 Å². The number of nitrogens with one attached hydrogen (secondary N) is 1. The number of carbonyl (C=O) groups is 1. The molecule has 1 amide bonds. The van der Waals surface area contributed by atoms with E-state index in [0.717, 1.165) is 24.0 Å². The van der Waals surface area contributed by atoms with Crippen LogP contribution in [0.5, 0.6) is 0 Å². The molecule has 1 aliphatic rings. The maximum atomic E-state index is 13.2. The third-order valence-corrected chi connectivity index (χ3v) is 5.22. The maximum Gasteiger partial charge on any atom is 0.263 e. The van der Waals surface area contributed by atoms with E-state index in [0.29, 0.717) is 22.5 Å². The maximum absolute atomic E-state index is 13.2. The van der Waals surface area contributed by atoms with Crippen molar-refractivity contribution in [2.24, 2.45) is 5.92 Å². The number of anilines is 1. The summed E-state index contributed by atoms with van der Waals surface area (Å²) < 4.78 is 14.0. The topological polar surface area (TPSA) is 75.4 Å². The van der Waals surface area contributed by atoms with Gasteiger partial charge < -0.3 is 16.2 Å². The number of halogens is 1. The van der Waals surface area contributed by atoms with Crippen LogP contribution in [-0.2, 0) is 0 Å².